The molecule has 16 heteroatoms. The first-order valence-corrected chi connectivity index (χ1v) is 16.5. The van der Waals surface area contributed by atoms with E-state index in [4.69, 9.17) is 20.6 Å². The molecule has 0 aliphatic heterocycles. The van der Waals surface area contributed by atoms with E-state index >= 15 is 0 Å². The smallest absolute Gasteiger partial charge is 0.408 e. The summed E-state index contributed by atoms with van der Waals surface area (Å²) in [6.45, 7) is 13.8. The van der Waals surface area contributed by atoms with Crippen LogP contribution in [-0.4, -0.2) is 72.5 Å². The second-order valence-corrected chi connectivity index (χ2v) is 13.8. The fraction of sp³-hybridized carbons (Fsp3) is 0.559. The number of anilines is 1. The zero-order valence-corrected chi connectivity index (χ0v) is 30.1. The first-order chi connectivity index (χ1) is 23.2. The maximum absolute atomic E-state index is 13.3. The normalized spacial score (nSPS) is 13.2. The number of rotatable bonds is 16. The van der Waals surface area contributed by atoms with Crippen molar-refractivity contribution >= 4 is 52.3 Å². The number of carbonyl (C=O) groups is 5. The van der Waals surface area contributed by atoms with Gasteiger partial charge in [0.1, 0.15) is 29.3 Å². The molecule has 0 aliphatic rings. The summed E-state index contributed by atoms with van der Waals surface area (Å²) in [5.41, 5.74) is 10.8. The average molecular weight is 701 g/mol. The number of alkyl carbamates (subject to hydrolysis) is 1. The van der Waals surface area contributed by atoms with Gasteiger partial charge in [0.05, 0.1) is 6.54 Å². The Balaban J connectivity index is 2.13. The Bertz CT molecular complexity index is 1610. The monoisotopic (exact) mass is 700 g/mol. The van der Waals surface area contributed by atoms with Gasteiger partial charge in [-0.1, -0.05) is 27.7 Å². The van der Waals surface area contributed by atoms with E-state index in [-0.39, 0.29) is 42.8 Å². The second-order valence-electron chi connectivity index (χ2n) is 13.8. The van der Waals surface area contributed by atoms with Gasteiger partial charge in [0.15, 0.2) is 5.96 Å². The van der Waals surface area contributed by atoms with E-state index < -0.39 is 65.6 Å². The van der Waals surface area contributed by atoms with E-state index in [0.29, 0.717) is 23.1 Å². The van der Waals surface area contributed by atoms with Crippen molar-refractivity contribution in [3.63, 3.8) is 0 Å². The molecule has 16 nitrogen and oxygen atoms in total. The standard InChI is InChI=1S/C34H52N8O8/c1-18(2)14-24(41-31(47)28(19(3)4)42-33(48)50-34(6,7)8)29(45)38-17-26(43)40-23(10-9-13-37-32(35)36)30(46)39-21-11-12-22-20(5)15-27(44)49-25(22)16-21/h11-12,15-16,18-19,23-24,28H,9-10,13-14,17H2,1-8H3,(H,38,45)(H,39,46)(H,40,43)(H,41,47)(H,42,48)(H4,35,36,37)/t23-,24-,28-/m0/s1. The number of nitrogens with zero attached hydrogens (tertiary/aromatic N) is 1. The molecule has 3 atom stereocenters. The van der Waals surface area contributed by atoms with Gasteiger partial charge in [0.25, 0.3) is 0 Å². The van der Waals surface area contributed by atoms with Gasteiger partial charge in [-0.15, -0.1) is 0 Å². The van der Waals surface area contributed by atoms with Gasteiger partial charge in [0, 0.05) is 29.8 Å². The summed E-state index contributed by atoms with van der Waals surface area (Å²) in [7, 11) is 0. The summed E-state index contributed by atoms with van der Waals surface area (Å²) in [6, 6.07) is 3.16. The van der Waals surface area contributed by atoms with Crippen LogP contribution in [0.15, 0.2) is 38.5 Å². The molecule has 0 spiro atoms. The van der Waals surface area contributed by atoms with Crippen LogP contribution in [0.3, 0.4) is 0 Å². The molecule has 2 aromatic rings. The molecular formula is C34H52N8O8. The Morgan fingerprint density at radius 1 is 0.920 bits per heavy atom. The number of carbonyl (C=O) groups excluding carboxylic acids is 5. The zero-order chi connectivity index (χ0) is 37.8. The number of aliphatic imine (C=N–C) groups is 1. The first-order valence-electron chi connectivity index (χ1n) is 16.5. The highest BCUT2D eigenvalue weighted by molar-refractivity contribution is 5.99. The molecule has 276 valence electrons. The van der Waals surface area contributed by atoms with Crippen LogP contribution in [0, 0.1) is 18.8 Å². The molecule has 0 radical (unpaired) electrons. The van der Waals surface area contributed by atoms with Crippen LogP contribution in [0.4, 0.5) is 10.5 Å². The number of amides is 5. The molecule has 2 rings (SSSR count). The van der Waals surface area contributed by atoms with E-state index in [0.717, 1.165) is 0 Å². The highest BCUT2D eigenvalue weighted by Gasteiger charge is 2.31. The van der Waals surface area contributed by atoms with E-state index in [1.54, 1.807) is 53.7 Å². The van der Waals surface area contributed by atoms with E-state index in [1.807, 2.05) is 13.8 Å². The fourth-order valence-electron chi connectivity index (χ4n) is 4.87. The molecule has 0 bridgehead atoms. The summed E-state index contributed by atoms with van der Waals surface area (Å²) in [4.78, 5) is 81.0. The van der Waals surface area contributed by atoms with Crippen LogP contribution < -0.4 is 43.7 Å². The van der Waals surface area contributed by atoms with Crippen molar-refractivity contribution in [2.24, 2.45) is 28.3 Å². The molecule has 9 N–H and O–H groups in total. The van der Waals surface area contributed by atoms with Crippen molar-refractivity contribution in [2.75, 3.05) is 18.4 Å². The molecule has 50 heavy (non-hydrogen) atoms. The van der Waals surface area contributed by atoms with Crippen molar-refractivity contribution < 1.29 is 33.1 Å². The molecular weight excluding hydrogens is 648 g/mol. The van der Waals surface area contributed by atoms with Gasteiger partial charge in [0.2, 0.25) is 23.6 Å². The Hall–Kier alpha value is -5.15. The minimum absolute atomic E-state index is 0.0125. The highest BCUT2D eigenvalue weighted by atomic mass is 16.6. The number of nitrogens with two attached hydrogens (primary N) is 2. The Morgan fingerprint density at radius 3 is 2.20 bits per heavy atom. The third kappa shape index (κ3) is 14.1. The van der Waals surface area contributed by atoms with Crippen LogP contribution in [0.2, 0.25) is 0 Å². The van der Waals surface area contributed by atoms with Gasteiger partial charge >= 0.3 is 11.7 Å². The largest absolute Gasteiger partial charge is 0.444 e. The highest BCUT2D eigenvalue weighted by Crippen LogP contribution is 2.21. The molecule has 1 aromatic heterocycles. The maximum Gasteiger partial charge on any atom is 0.408 e. The number of ether oxygens (including phenoxy) is 1. The topological polar surface area (TPSA) is 249 Å². The maximum atomic E-state index is 13.3. The van der Waals surface area contributed by atoms with Crippen molar-refractivity contribution in [1.29, 1.82) is 0 Å². The number of hydrogen-bond acceptors (Lipinski definition) is 9. The lowest BCUT2D eigenvalue weighted by molar-refractivity contribution is -0.132. The van der Waals surface area contributed by atoms with Crippen molar-refractivity contribution in [3.8, 4) is 0 Å². The van der Waals surface area contributed by atoms with Crippen LogP contribution in [0.5, 0.6) is 0 Å². The van der Waals surface area contributed by atoms with Crippen LogP contribution in [0.25, 0.3) is 11.0 Å². The quantitative estimate of drug-likeness (QED) is 0.0579. The average Bonchev–Trinajstić information content (AvgIpc) is 2.98. The molecule has 5 amide bonds. The molecule has 0 saturated carbocycles. The van der Waals surface area contributed by atoms with Gasteiger partial charge in [-0.2, -0.15) is 0 Å². The molecule has 1 heterocycles. The SMILES string of the molecule is Cc1cc(=O)oc2cc(NC(=O)[C@H](CCCN=C(N)N)NC(=O)CNC(=O)[C@H](CC(C)C)NC(=O)[C@@H](NC(=O)OC(C)(C)C)C(C)C)ccc12. The lowest BCUT2D eigenvalue weighted by Gasteiger charge is -2.27. The first kappa shape index (κ1) is 41.0. The van der Waals surface area contributed by atoms with E-state index in [2.05, 4.69) is 31.6 Å². The predicted octanol–water partition coefficient (Wildman–Crippen LogP) is 1.77. The minimum Gasteiger partial charge on any atom is -0.444 e. The third-order valence-corrected chi connectivity index (χ3v) is 7.20. The summed E-state index contributed by atoms with van der Waals surface area (Å²) < 4.78 is 10.5. The Kier molecular flexibility index (Phi) is 15.2. The van der Waals surface area contributed by atoms with Crippen molar-refractivity contribution in [2.45, 2.75) is 98.4 Å². The molecule has 0 aliphatic carbocycles. The summed E-state index contributed by atoms with van der Waals surface area (Å²) in [5, 5.41) is 13.8. The minimum atomic E-state index is -1.05. The number of fused-ring (bicyclic) bond motifs is 1. The zero-order valence-electron chi connectivity index (χ0n) is 30.1. The number of benzene rings is 1. The van der Waals surface area contributed by atoms with Crippen molar-refractivity contribution in [1.82, 2.24) is 21.3 Å². The summed E-state index contributed by atoms with van der Waals surface area (Å²) >= 11 is 0. The fourth-order valence-corrected chi connectivity index (χ4v) is 4.87. The lowest BCUT2D eigenvalue weighted by atomic mass is 10.00. The second kappa shape index (κ2) is 18.6. The van der Waals surface area contributed by atoms with Gasteiger partial charge in [-0.05, 0) is 76.5 Å². The molecule has 0 saturated heterocycles. The number of nitrogens with one attached hydrogen (secondary N) is 5. The Morgan fingerprint density at radius 2 is 1.60 bits per heavy atom. The third-order valence-electron chi connectivity index (χ3n) is 7.20. The Labute approximate surface area is 291 Å². The van der Waals surface area contributed by atoms with Crippen LogP contribution in [-0.2, 0) is 23.9 Å². The number of aryl methyl sites for hydroxylation is 1. The van der Waals surface area contributed by atoms with Gasteiger partial charge in [-0.25, -0.2) is 9.59 Å². The van der Waals surface area contributed by atoms with Crippen LogP contribution in [0.1, 0.15) is 73.3 Å². The molecule has 0 fully saturated rings. The number of guanidine groups is 1. The van der Waals surface area contributed by atoms with Gasteiger partial charge in [-0.3, -0.25) is 24.2 Å². The number of hydrogen-bond donors (Lipinski definition) is 7. The van der Waals surface area contributed by atoms with E-state index in [9.17, 15) is 28.8 Å². The molecule has 1 aromatic carbocycles. The predicted molar refractivity (Wildman–Crippen MR) is 190 cm³/mol. The summed E-state index contributed by atoms with van der Waals surface area (Å²) in [6.07, 6.45) is -0.0348. The van der Waals surface area contributed by atoms with Crippen LogP contribution >= 0.6 is 0 Å². The van der Waals surface area contributed by atoms with Gasteiger partial charge < -0.3 is 47.2 Å². The van der Waals surface area contributed by atoms with Crippen molar-refractivity contribution in [3.05, 3.63) is 40.2 Å². The summed E-state index contributed by atoms with van der Waals surface area (Å²) in [5.74, 6) is -2.90. The lowest BCUT2D eigenvalue weighted by Crippen LogP contribution is -2.57. The molecule has 0 unspecified atom stereocenters. The van der Waals surface area contributed by atoms with E-state index in [1.165, 1.54) is 12.1 Å².